The molecule has 1 heterocycles. The van der Waals surface area contributed by atoms with Crippen LogP contribution in [0.2, 0.25) is 0 Å². The number of aryl methyl sites for hydroxylation is 1. The fourth-order valence-electron chi connectivity index (χ4n) is 2.41. The molecule has 0 aliphatic carbocycles. The number of aromatic nitrogens is 1. The van der Waals surface area contributed by atoms with Gasteiger partial charge in [0.2, 0.25) is 5.56 Å². The van der Waals surface area contributed by atoms with Crippen LogP contribution in [0.4, 0.5) is 0 Å². The summed E-state index contributed by atoms with van der Waals surface area (Å²) in [5.41, 5.74) is 0.429. The van der Waals surface area contributed by atoms with Crippen molar-refractivity contribution in [3.63, 3.8) is 0 Å². The molecular weight excluding hydrogens is 427 g/mol. The number of nitrogens with one attached hydrogen (secondary N) is 2. The van der Waals surface area contributed by atoms with Crippen LogP contribution in [0.25, 0.3) is 0 Å². The molecule has 6 heteroatoms. The van der Waals surface area contributed by atoms with Gasteiger partial charge in [-0.15, -0.1) is 24.0 Å². The van der Waals surface area contributed by atoms with E-state index in [2.05, 4.69) is 43.3 Å². The van der Waals surface area contributed by atoms with Gasteiger partial charge in [0.15, 0.2) is 5.96 Å². The minimum Gasteiger partial charge on any atom is -0.356 e. The Kier molecular flexibility index (Phi) is 11.8. The third-order valence-corrected chi connectivity index (χ3v) is 3.95. The van der Waals surface area contributed by atoms with Crippen LogP contribution in [0.15, 0.2) is 34.2 Å². The van der Waals surface area contributed by atoms with Crippen molar-refractivity contribution in [3.05, 3.63) is 34.7 Å². The van der Waals surface area contributed by atoms with E-state index in [9.17, 15) is 4.79 Å². The highest BCUT2D eigenvalue weighted by Crippen LogP contribution is 2.21. The number of unbranched alkanes of at least 4 members (excludes halogenated alkanes) is 1. The third-order valence-electron chi connectivity index (χ3n) is 3.95. The summed E-state index contributed by atoms with van der Waals surface area (Å²) in [7, 11) is 1.80. The number of pyridine rings is 1. The fraction of sp³-hybridized carbons (Fsp3) is 0.684. The summed E-state index contributed by atoms with van der Waals surface area (Å²) < 4.78 is 1.75. The topological polar surface area (TPSA) is 58.4 Å². The monoisotopic (exact) mass is 462 g/mol. The Labute approximate surface area is 169 Å². The Balaban J connectivity index is 0.00000576. The maximum absolute atomic E-state index is 11.6. The smallest absolute Gasteiger partial charge is 0.250 e. The zero-order valence-electron chi connectivity index (χ0n) is 16.3. The molecule has 1 aromatic heterocycles. The standard InChI is InChI=1S/C19H34N4O.HI/c1-16(11-12-19(2,3)4)22-18(20-5)21-13-7-9-15-23-14-8-6-10-17(23)24;/h6,8,10,14,16H,7,9,11-13,15H2,1-5H3,(H2,20,21,22);1H. The van der Waals surface area contributed by atoms with Gasteiger partial charge >= 0.3 is 0 Å². The molecule has 0 amide bonds. The van der Waals surface area contributed by atoms with E-state index in [0.717, 1.165) is 38.3 Å². The molecule has 1 aromatic rings. The van der Waals surface area contributed by atoms with Crippen LogP contribution in [0.1, 0.15) is 53.4 Å². The Hall–Kier alpha value is -1.05. The molecule has 0 bridgehead atoms. The molecule has 0 fully saturated rings. The molecule has 0 aromatic carbocycles. The summed E-state index contributed by atoms with van der Waals surface area (Å²) in [6.45, 7) is 10.6. The molecule has 1 rings (SSSR count). The summed E-state index contributed by atoms with van der Waals surface area (Å²) >= 11 is 0. The van der Waals surface area contributed by atoms with Crippen LogP contribution in [-0.2, 0) is 6.54 Å². The number of nitrogens with zero attached hydrogens (tertiary/aromatic N) is 2. The van der Waals surface area contributed by atoms with E-state index in [1.807, 2.05) is 12.3 Å². The Morgan fingerprint density at radius 2 is 2.00 bits per heavy atom. The lowest BCUT2D eigenvalue weighted by atomic mass is 9.89. The lowest BCUT2D eigenvalue weighted by molar-refractivity contribution is 0.346. The average Bonchev–Trinajstić information content (AvgIpc) is 2.52. The van der Waals surface area contributed by atoms with Crippen LogP contribution >= 0.6 is 24.0 Å². The second-order valence-corrected chi connectivity index (χ2v) is 7.58. The number of hydrogen-bond acceptors (Lipinski definition) is 2. The van der Waals surface area contributed by atoms with Gasteiger partial charge in [0.25, 0.3) is 0 Å². The van der Waals surface area contributed by atoms with Crippen molar-refractivity contribution in [2.24, 2.45) is 10.4 Å². The molecule has 0 aliphatic heterocycles. The lowest BCUT2D eigenvalue weighted by Crippen LogP contribution is -2.42. The van der Waals surface area contributed by atoms with Crippen molar-refractivity contribution in [1.29, 1.82) is 0 Å². The highest BCUT2D eigenvalue weighted by atomic mass is 127. The first-order valence-electron chi connectivity index (χ1n) is 8.94. The molecule has 25 heavy (non-hydrogen) atoms. The van der Waals surface area contributed by atoms with Gasteiger partial charge in [0, 0.05) is 38.4 Å². The fourth-order valence-corrected chi connectivity index (χ4v) is 2.41. The number of halogens is 1. The Morgan fingerprint density at radius 3 is 2.60 bits per heavy atom. The number of guanidine groups is 1. The van der Waals surface area contributed by atoms with Crippen molar-refractivity contribution in [1.82, 2.24) is 15.2 Å². The molecule has 0 spiro atoms. The minimum absolute atomic E-state index is 0. The van der Waals surface area contributed by atoms with Crippen LogP contribution in [0.5, 0.6) is 0 Å². The normalized spacial score (nSPS) is 13.1. The summed E-state index contributed by atoms with van der Waals surface area (Å²) in [6.07, 6.45) is 6.12. The molecule has 0 saturated carbocycles. The second kappa shape index (κ2) is 12.3. The van der Waals surface area contributed by atoms with Crippen molar-refractivity contribution in [3.8, 4) is 0 Å². The van der Waals surface area contributed by atoms with Gasteiger partial charge in [0.1, 0.15) is 0 Å². The molecule has 1 unspecified atom stereocenters. The molecule has 0 radical (unpaired) electrons. The molecule has 0 saturated heterocycles. The van der Waals surface area contributed by atoms with Crippen molar-refractivity contribution < 1.29 is 0 Å². The van der Waals surface area contributed by atoms with E-state index in [-0.39, 0.29) is 29.5 Å². The predicted molar refractivity (Wildman–Crippen MR) is 118 cm³/mol. The first-order chi connectivity index (χ1) is 11.3. The van der Waals surface area contributed by atoms with Crippen LogP contribution in [0, 0.1) is 5.41 Å². The first-order valence-corrected chi connectivity index (χ1v) is 8.94. The van der Waals surface area contributed by atoms with Crippen molar-refractivity contribution in [2.75, 3.05) is 13.6 Å². The summed E-state index contributed by atoms with van der Waals surface area (Å²) in [5.74, 6) is 0.855. The van der Waals surface area contributed by atoms with Gasteiger partial charge < -0.3 is 15.2 Å². The van der Waals surface area contributed by atoms with Crippen LogP contribution in [0.3, 0.4) is 0 Å². The van der Waals surface area contributed by atoms with E-state index < -0.39 is 0 Å². The number of aliphatic imine (C=N–C) groups is 1. The van der Waals surface area contributed by atoms with Crippen LogP contribution < -0.4 is 16.2 Å². The largest absolute Gasteiger partial charge is 0.356 e. The van der Waals surface area contributed by atoms with E-state index in [0.29, 0.717) is 11.5 Å². The third kappa shape index (κ3) is 11.2. The van der Waals surface area contributed by atoms with E-state index in [1.54, 1.807) is 23.7 Å². The molecule has 2 N–H and O–H groups in total. The maximum atomic E-state index is 11.6. The molecule has 0 aliphatic rings. The average molecular weight is 462 g/mol. The zero-order chi connectivity index (χ0) is 18.0. The summed E-state index contributed by atoms with van der Waals surface area (Å²) in [5, 5.41) is 6.79. The van der Waals surface area contributed by atoms with E-state index in [1.165, 1.54) is 6.42 Å². The van der Waals surface area contributed by atoms with Crippen LogP contribution in [-0.4, -0.2) is 30.2 Å². The molecule has 1 atom stereocenters. The van der Waals surface area contributed by atoms with E-state index in [4.69, 9.17) is 0 Å². The Morgan fingerprint density at radius 1 is 1.28 bits per heavy atom. The van der Waals surface area contributed by atoms with E-state index >= 15 is 0 Å². The summed E-state index contributed by atoms with van der Waals surface area (Å²) in [6, 6.07) is 5.67. The SMILES string of the molecule is CN=C(NCCCCn1ccccc1=O)NC(C)CCC(C)(C)C.I. The van der Waals surface area contributed by atoms with Gasteiger partial charge in [-0.3, -0.25) is 9.79 Å². The van der Waals surface area contributed by atoms with Crippen molar-refractivity contribution >= 4 is 29.9 Å². The van der Waals surface area contributed by atoms with Gasteiger partial charge in [-0.1, -0.05) is 26.8 Å². The number of hydrogen-bond donors (Lipinski definition) is 2. The van der Waals surface area contributed by atoms with Gasteiger partial charge in [-0.05, 0) is 44.1 Å². The minimum atomic E-state index is 0. The summed E-state index contributed by atoms with van der Waals surface area (Å²) in [4.78, 5) is 15.9. The molecule has 5 nitrogen and oxygen atoms in total. The second-order valence-electron chi connectivity index (χ2n) is 7.58. The first kappa shape index (κ1) is 23.9. The number of rotatable bonds is 8. The molecular formula is C19H35IN4O. The quantitative estimate of drug-likeness (QED) is 0.269. The highest BCUT2D eigenvalue weighted by Gasteiger charge is 2.13. The van der Waals surface area contributed by atoms with Crippen molar-refractivity contribution in [2.45, 2.75) is 66.0 Å². The maximum Gasteiger partial charge on any atom is 0.250 e. The highest BCUT2D eigenvalue weighted by molar-refractivity contribution is 14.0. The Bertz CT molecular complexity index is 563. The van der Waals surface area contributed by atoms with Gasteiger partial charge in [-0.25, -0.2) is 0 Å². The molecule has 144 valence electrons. The zero-order valence-corrected chi connectivity index (χ0v) is 18.7. The predicted octanol–water partition coefficient (Wildman–Crippen LogP) is 3.63. The van der Waals surface area contributed by atoms with Gasteiger partial charge in [-0.2, -0.15) is 0 Å². The van der Waals surface area contributed by atoms with Gasteiger partial charge in [0.05, 0.1) is 0 Å². The lowest BCUT2D eigenvalue weighted by Gasteiger charge is -2.23.